The highest BCUT2D eigenvalue weighted by Crippen LogP contribution is 2.26. The number of aliphatic hydroxyl groups is 2. The van der Waals surface area contributed by atoms with Crippen LogP contribution in [0.15, 0.2) is 21.5 Å². The van der Waals surface area contributed by atoms with Gasteiger partial charge in [-0.05, 0) is 24.6 Å². The van der Waals surface area contributed by atoms with E-state index >= 15 is 0 Å². The first-order chi connectivity index (χ1) is 8.31. The Balaban J connectivity index is 3.20. The average Bonchev–Trinajstić information content (AvgIpc) is 2.30. The minimum Gasteiger partial charge on any atom is -0.398 e. The van der Waals surface area contributed by atoms with Crippen LogP contribution in [0.4, 0.5) is 5.69 Å². The second kappa shape index (κ2) is 5.98. The molecule has 0 aliphatic carbocycles. The van der Waals surface area contributed by atoms with Crippen LogP contribution in [0.5, 0.6) is 0 Å². The second-order valence-corrected chi connectivity index (χ2v) is 6.40. The zero-order valence-electron chi connectivity index (χ0n) is 9.72. The van der Waals surface area contributed by atoms with E-state index in [0.717, 1.165) is 0 Å². The molecule has 1 rings (SSSR count). The van der Waals surface area contributed by atoms with Gasteiger partial charge in [0, 0.05) is 10.2 Å². The lowest BCUT2D eigenvalue weighted by molar-refractivity contribution is 0.185. The molecule has 1 aromatic rings. The van der Waals surface area contributed by atoms with Crippen molar-refractivity contribution in [3.05, 3.63) is 22.2 Å². The Bertz CT molecular complexity index is 529. The number of sulfonamides is 1. The lowest BCUT2D eigenvalue weighted by Gasteiger charge is -2.16. The maximum absolute atomic E-state index is 12.1. The van der Waals surface area contributed by atoms with E-state index in [4.69, 9.17) is 15.9 Å². The quantitative estimate of drug-likeness (QED) is 0.563. The van der Waals surface area contributed by atoms with Gasteiger partial charge in [-0.3, -0.25) is 0 Å². The van der Waals surface area contributed by atoms with Crippen LogP contribution < -0.4 is 10.5 Å². The Morgan fingerprint density at radius 2 is 1.94 bits per heavy atom. The number of benzene rings is 1. The summed E-state index contributed by atoms with van der Waals surface area (Å²) in [6.07, 6.45) is 0. The number of rotatable bonds is 5. The van der Waals surface area contributed by atoms with Crippen LogP contribution in [0.2, 0.25) is 0 Å². The van der Waals surface area contributed by atoms with E-state index in [1.807, 2.05) is 0 Å². The maximum atomic E-state index is 12.1. The molecule has 0 bridgehead atoms. The van der Waals surface area contributed by atoms with Gasteiger partial charge in [0.1, 0.15) is 0 Å². The van der Waals surface area contributed by atoms with Gasteiger partial charge >= 0.3 is 0 Å². The number of anilines is 1. The van der Waals surface area contributed by atoms with Gasteiger partial charge in [0.25, 0.3) is 0 Å². The van der Waals surface area contributed by atoms with E-state index in [9.17, 15) is 8.42 Å². The van der Waals surface area contributed by atoms with Crippen LogP contribution >= 0.6 is 15.9 Å². The van der Waals surface area contributed by atoms with Gasteiger partial charge in [-0.1, -0.05) is 15.9 Å². The van der Waals surface area contributed by atoms with Crippen molar-refractivity contribution in [1.29, 1.82) is 0 Å². The number of halogens is 1. The fraction of sp³-hybridized carbons (Fsp3) is 0.400. The van der Waals surface area contributed by atoms with Crippen molar-refractivity contribution in [1.82, 2.24) is 4.72 Å². The Morgan fingerprint density at radius 3 is 2.44 bits per heavy atom. The third-order valence-electron chi connectivity index (χ3n) is 2.42. The molecule has 0 aliphatic heterocycles. The van der Waals surface area contributed by atoms with Gasteiger partial charge in [0.05, 0.1) is 24.2 Å². The fourth-order valence-electron chi connectivity index (χ4n) is 1.37. The van der Waals surface area contributed by atoms with E-state index in [0.29, 0.717) is 15.7 Å². The SMILES string of the molecule is Cc1c(N)cc(Br)cc1S(=O)(=O)NC(CO)CO. The summed E-state index contributed by atoms with van der Waals surface area (Å²) in [6.45, 7) is 0.611. The molecule has 0 spiro atoms. The maximum Gasteiger partial charge on any atom is 0.241 e. The smallest absolute Gasteiger partial charge is 0.241 e. The van der Waals surface area contributed by atoms with Gasteiger partial charge in [-0.15, -0.1) is 0 Å². The summed E-state index contributed by atoms with van der Waals surface area (Å²) in [7, 11) is -3.84. The van der Waals surface area contributed by atoms with Crippen molar-refractivity contribution in [2.24, 2.45) is 0 Å². The molecule has 0 unspecified atom stereocenters. The number of nitrogens with two attached hydrogens (primary N) is 1. The Hall–Kier alpha value is -0.670. The molecule has 0 radical (unpaired) electrons. The van der Waals surface area contributed by atoms with Crippen LogP contribution in [0.25, 0.3) is 0 Å². The molecular weight excluding hydrogens is 324 g/mol. The number of nitrogen functional groups attached to an aromatic ring is 1. The molecule has 0 aliphatic rings. The molecule has 0 fully saturated rings. The van der Waals surface area contributed by atoms with Crippen LogP contribution in [-0.4, -0.2) is 37.9 Å². The summed E-state index contributed by atoms with van der Waals surface area (Å²) < 4.78 is 26.9. The van der Waals surface area contributed by atoms with Crippen molar-refractivity contribution in [3.8, 4) is 0 Å². The minimum absolute atomic E-state index is 0.0151. The molecule has 0 saturated heterocycles. The first-order valence-corrected chi connectivity index (χ1v) is 7.39. The minimum atomic E-state index is -3.84. The van der Waals surface area contributed by atoms with E-state index in [1.165, 1.54) is 6.07 Å². The van der Waals surface area contributed by atoms with Crippen molar-refractivity contribution in [3.63, 3.8) is 0 Å². The van der Waals surface area contributed by atoms with Gasteiger partial charge in [-0.25, -0.2) is 13.1 Å². The monoisotopic (exact) mass is 338 g/mol. The van der Waals surface area contributed by atoms with Crippen molar-refractivity contribution >= 4 is 31.6 Å². The largest absolute Gasteiger partial charge is 0.398 e. The number of nitrogens with one attached hydrogen (secondary N) is 1. The molecule has 8 heteroatoms. The van der Waals surface area contributed by atoms with Crippen LogP contribution in [0.1, 0.15) is 5.56 Å². The molecule has 1 aromatic carbocycles. The molecule has 5 N–H and O–H groups in total. The highest BCUT2D eigenvalue weighted by atomic mass is 79.9. The lowest BCUT2D eigenvalue weighted by Crippen LogP contribution is -2.40. The van der Waals surface area contributed by atoms with Crippen LogP contribution in [0.3, 0.4) is 0 Å². The normalized spacial score (nSPS) is 12.1. The molecule has 0 amide bonds. The summed E-state index contributed by atoms with van der Waals surface area (Å²) in [5.74, 6) is 0. The Morgan fingerprint density at radius 1 is 1.39 bits per heavy atom. The molecule has 0 heterocycles. The average molecular weight is 339 g/mol. The first-order valence-electron chi connectivity index (χ1n) is 5.11. The standard InChI is InChI=1S/C10H15BrN2O4S/c1-6-9(12)2-7(11)3-10(6)18(16,17)13-8(4-14)5-15/h2-3,8,13-15H,4-5,12H2,1H3. The highest BCUT2D eigenvalue weighted by Gasteiger charge is 2.22. The van der Waals surface area contributed by atoms with Crippen LogP contribution in [-0.2, 0) is 10.0 Å². The zero-order valence-corrected chi connectivity index (χ0v) is 12.1. The number of hydrogen-bond acceptors (Lipinski definition) is 5. The van der Waals surface area contributed by atoms with Crippen molar-refractivity contribution in [2.75, 3.05) is 18.9 Å². The summed E-state index contributed by atoms with van der Waals surface area (Å²) in [6, 6.07) is 2.08. The molecule has 0 saturated carbocycles. The van der Waals surface area contributed by atoms with E-state index in [2.05, 4.69) is 20.7 Å². The van der Waals surface area contributed by atoms with Gasteiger partial charge in [-0.2, -0.15) is 0 Å². The third-order valence-corrected chi connectivity index (χ3v) is 4.52. The van der Waals surface area contributed by atoms with Gasteiger partial charge < -0.3 is 15.9 Å². The predicted octanol–water partition coefficient (Wildman–Crippen LogP) is -0.0288. The zero-order chi connectivity index (χ0) is 13.9. The molecule has 18 heavy (non-hydrogen) atoms. The van der Waals surface area contributed by atoms with Gasteiger partial charge in [0.2, 0.25) is 10.0 Å². The third kappa shape index (κ3) is 3.42. The first kappa shape index (κ1) is 15.4. The predicted molar refractivity (Wildman–Crippen MR) is 71.6 cm³/mol. The lowest BCUT2D eigenvalue weighted by atomic mass is 10.2. The molecular formula is C10H15BrN2O4S. The molecule has 0 aromatic heterocycles. The summed E-state index contributed by atoms with van der Waals surface area (Å²) in [5.41, 5.74) is 6.45. The number of aliphatic hydroxyl groups excluding tert-OH is 2. The highest BCUT2D eigenvalue weighted by molar-refractivity contribution is 9.10. The molecule has 102 valence electrons. The van der Waals surface area contributed by atoms with E-state index in [-0.39, 0.29) is 4.90 Å². The summed E-state index contributed by atoms with van der Waals surface area (Å²) in [4.78, 5) is 0.0151. The molecule has 0 atom stereocenters. The Kier molecular flexibility index (Phi) is 5.11. The Labute approximate surface area is 114 Å². The van der Waals surface area contributed by atoms with Gasteiger partial charge in [0.15, 0.2) is 0 Å². The number of hydrogen-bond donors (Lipinski definition) is 4. The van der Waals surface area contributed by atoms with Crippen molar-refractivity contribution in [2.45, 2.75) is 17.9 Å². The topological polar surface area (TPSA) is 113 Å². The van der Waals surface area contributed by atoms with E-state index in [1.54, 1.807) is 13.0 Å². The summed E-state index contributed by atoms with van der Waals surface area (Å²) >= 11 is 3.17. The fourth-order valence-corrected chi connectivity index (χ4v) is 3.51. The summed E-state index contributed by atoms with van der Waals surface area (Å²) in [5, 5.41) is 17.8. The molecule has 6 nitrogen and oxygen atoms in total. The second-order valence-electron chi connectivity index (χ2n) is 3.80. The van der Waals surface area contributed by atoms with Crippen LogP contribution in [0, 0.1) is 6.92 Å². The van der Waals surface area contributed by atoms with Crippen molar-refractivity contribution < 1.29 is 18.6 Å². The van der Waals surface area contributed by atoms with E-state index < -0.39 is 29.3 Å².